The molecule has 0 unspecified atom stereocenters. The first-order chi connectivity index (χ1) is 14.0. The molecule has 0 radical (unpaired) electrons. The molecule has 1 aromatic heterocycles. The topological polar surface area (TPSA) is 82.6 Å². The van der Waals surface area contributed by atoms with Crippen molar-refractivity contribution in [2.24, 2.45) is 0 Å². The van der Waals surface area contributed by atoms with E-state index in [1.54, 1.807) is 33.5 Å². The van der Waals surface area contributed by atoms with Crippen molar-refractivity contribution in [2.75, 3.05) is 27.1 Å². The van der Waals surface area contributed by atoms with Crippen LogP contribution < -0.4 is 19.5 Å². The number of amides is 1. The Morgan fingerprint density at radius 3 is 2.24 bits per heavy atom. The predicted molar refractivity (Wildman–Crippen MR) is 113 cm³/mol. The van der Waals surface area contributed by atoms with Crippen LogP contribution in [0.1, 0.15) is 11.3 Å². The molecule has 3 rings (SSSR count). The molecule has 3 aromatic rings. The predicted octanol–water partition coefficient (Wildman–Crippen LogP) is 3.37. The van der Waals surface area contributed by atoms with Gasteiger partial charge < -0.3 is 19.5 Å². The highest BCUT2D eigenvalue weighted by Crippen LogP contribution is 2.34. The minimum absolute atomic E-state index is 0.110. The zero-order chi connectivity index (χ0) is 20.8. The number of hydrogen-bond donors (Lipinski definition) is 1. The van der Waals surface area contributed by atoms with Crippen LogP contribution in [0.5, 0.6) is 17.2 Å². The van der Waals surface area contributed by atoms with Gasteiger partial charge in [0.05, 0.1) is 43.8 Å². The largest absolute Gasteiger partial charge is 0.496 e. The molecule has 2 aromatic carbocycles. The summed E-state index contributed by atoms with van der Waals surface area (Å²) in [6.45, 7) is 2.21. The van der Waals surface area contributed by atoms with E-state index in [2.05, 4.69) is 15.3 Å². The fraction of sp³-hybridized carbons (Fsp3) is 0.286. The lowest BCUT2D eigenvalue weighted by molar-refractivity contribution is -0.118. The van der Waals surface area contributed by atoms with Gasteiger partial charge in [0.15, 0.2) is 11.5 Å². The van der Waals surface area contributed by atoms with Crippen LogP contribution in [0.4, 0.5) is 0 Å². The fourth-order valence-corrected chi connectivity index (χ4v) is 3.61. The van der Waals surface area contributed by atoms with Crippen molar-refractivity contribution < 1.29 is 19.0 Å². The number of carbonyl (C=O) groups excluding carboxylic acids is 1. The highest BCUT2D eigenvalue weighted by Gasteiger charge is 2.14. The van der Waals surface area contributed by atoms with Crippen LogP contribution in [0.25, 0.3) is 11.0 Å². The van der Waals surface area contributed by atoms with E-state index in [0.717, 1.165) is 27.3 Å². The third kappa shape index (κ3) is 4.89. The van der Waals surface area contributed by atoms with Gasteiger partial charge in [-0.05, 0) is 25.1 Å². The number of thioether (sulfide) groups is 1. The van der Waals surface area contributed by atoms with Crippen molar-refractivity contribution in [3.8, 4) is 17.2 Å². The maximum atomic E-state index is 12.4. The van der Waals surface area contributed by atoms with Gasteiger partial charge in [0.25, 0.3) is 0 Å². The Morgan fingerprint density at radius 1 is 0.966 bits per heavy atom. The maximum Gasteiger partial charge on any atom is 0.230 e. The smallest absolute Gasteiger partial charge is 0.230 e. The van der Waals surface area contributed by atoms with Gasteiger partial charge in [-0.1, -0.05) is 23.9 Å². The summed E-state index contributed by atoms with van der Waals surface area (Å²) < 4.78 is 16.0. The van der Waals surface area contributed by atoms with E-state index in [-0.39, 0.29) is 11.7 Å². The third-order valence-corrected chi connectivity index (χ3v) is 5.37. The first kappa shape index (κ1) is 20.7. The molecule has 29 heavy (non-hydrogen) atoms. The number of aromatic nitrogens is 2. The second-order valence-corrected chi connectivity index (χ2v) is 7.15. The van der Waals surface area contributed by atoms with Gasteiger partial charge in [-0.3, -0.25) is 4.79 Å². The second kappa shape index (κ2) is 9.47. The van der Waals surface area contributed by atoms with Gasteiger partial charge >= 0.3 is 0 Å². The Balaban J connectivity index is 1.64. The highest BCUT2D eigenvalue weighted by atomic mass is 32.2. The number of nitrogens with zero attached hydrogens (tertiary/aromatic N) is 2. The lowest BCUT2D eigenvalue weighted by Crippen LogP contribution is -2.25. The first-order valence-electron chi connectivity index (χ1n) is 8.97. The van der Waals surface area contributed by atoms with E-state index < -0.39 is 0 Å². The van der Waals surface area contributed by atoms with Gasteiger partial charge in [0.2, 0.25) is 5.91 Å². The number of carbonyl (C=O) groups is 1. The summed E-state index contributed by atoms with van der Waals surface area (Å²) in [6.07, 6.45) is 0. The number of ether oxygens (including phenoxy) is 3. The van der Waals surface area contributed by atoms with Crippen LogP contribution in [0.3, 0.4) is 0 Å². The average molecular weight is 413 g/mol. The number of nitrogens with one attached hydrogen (secondary N) is 1. The first-order valence-corrected chi connectivity index (χ1v) is 9.96. The van der Waals surface area contributed by atoms with Crippen LogP contribution in [-0.4, -0.2) is 43.0 Å². The van der Waals surface area contributed by atoms with Crippen LogP contribution >= 0.6 is 11.8 Å². The molecule has 152 valence electrons. The normalized spacial score (nSPS) is 10.6. The van der Waals surface area contributed by atoms with E-state index in [1.807, 2.05) is 31.2 Å². The van der Waals surface area contributed by atoms with E-state index in [9.17, 15) is 4.79 Å². The zero-order valence-corrected chi connectivity index (χ0v) is 17.6. The van der Waals surface area contributed by atoms with E-state index in [4.69, 9.17) is 14.2 Å². The molecule has 0 saturated heterocycles. The fourth-order valence-electron chi connectivity index (χ4n) is 2.82. The molecule has 0 spiro atoms. The van der Waals surface area contributed by atoms with E-state index in [0.29, 0.717) is 23.8 Å². The molecular formula is C21H23N3O4S. The molecular weight excluding hydrogens is 390 g/mol. The number of para-hydroxylation sites is 2. The van der Waals surface area contributed by atoms with Crippen molar-refractivity contribution in [1.82, 2.24) is 15.3 Å². The SMILES string of the molecule is COc1cc(OC)c(OC)cc1CNC(=O)CSc1nc2ccccc2nc1C. The Hall–Kier alpha value is -3.00. The Labute approximate surface area is 173 Å². The number of methoxy groups -OCH3 is 3. The number of benzene rings is 2. The Bertz CT molecular complexity index is 1030. The number of rotatable bonds is 8. The van der Waals surface area contributed by atoms with Gasteiger partial charge in [0.1, 0.15) is 10.8 Å². The highest BCUT2D eigenvalue weighted by molar-refractivity contribution is 7.99. The van der Waals surface area contributed by atoms with Crippen molar-refractivity contribution in [1.29, 1.82) is 0 Å². The quantitative estimate of drug-likeness (QED) is 0.567. The zero-order valence-electron chi connectivity index (χ0n) is 16.8. The van der Waals surface area contributed by atoms with Gasteiger partial charge in [-0.15, -0.1) is 0 Å². The van der Waals surface area contributed by atoms with Crippen molar-refractivity contribution in [3.05, 3.63) is 47.7 Å². The summed E-state index contributed by atoms with van der Waals surface area (Å²) in [5.74, 6) is 1.89. The molecule has 0 aliphatic rings. The molecule has 1 heterocycles. The third-order valence-electron chi connectivity index (χ3n) is 4.30. The summed E-state index contributed by atoms with van der Waals surface area (Å²) in [5, 5.41) is 3.66. The molecule has 8 heteroatoms. The standard InChI is InChI=1S/C21H23N3O4S/c1-13-21(24-16-8-6-5-7-15(16)23-13)29-12-20(25)22-11-14-9-18(27-3)19(28-4)10-17(14)26-2/h5-10H,11-12H2,1-4H3,(H,22,25). The number of hydrogen-bond acceptors (Lipinski definition) is 7. The summed E-state index contributed by atoms with van der Waals surface area (Å²) in [7, 11) is 4.70. The van der Waals surface area contributed by atoms with Gasteiger partial charge in [-0.2, -0.15) is 0 Å². The molecule has 0 bridgehead atoms. The molecule has 0 atom stereocenters. The number of fused-ring (bicyclic) bond motifs is 1. The van der Waals surface area contributed by atoms with Crippen LogP contribution in [0, 0.1) is 6.92 Å². The molecule has 1 N–H and O–H groups in total. The molecule has 7 nitrogen and oxygen atoms in total. The van der Waals surface area contributed by atoms with Crippen LogP contribution in [-0.2, 0) is 11.3 Å². The maximum absolute atomic E-state index is 12.4. The lowest BCUT2D eigenvalue weighted by Gasteiger charge is -2.14. The van der Waals surface area contributed by atoms with Crippen LogP contribution in [0.15, 0.2) is 41.4 Å². The summed E-state index contributed by atoms with van der Waals surface area (Å²) in [5.41, 5.74) is 3.27. The van der Waals surface area contributed by atoms with Gasteiger partial charge in [0, 0.05) is 18.2 Å². The van der Waals surface area contributed by atoms with Gasteiger partial charge in [-0.25, -0.2) is 9.97 Å². The van der Waals surface area contributed by atoms with Crippen molar-refractivity contribution in [2.45, 2.75) is 18.5 Å². The minimum Gasteiger partial charge on any atom is -0.496 e. The Kier molecular flexibility index (Phi) is 6.77. The second-order valence-electron chi connectivity index (χ2n) is 6.19. The van der Waals surface area contributed by atoms with Crippen molar-refractivity contribution in [3.63, 3.8) is 0 Å². The van der Waals surface area contributed by atoms with Crippen LogP contribution in [0.2, 0.25) is 0 Å². The van der Waals surface area contributed by atoms with Crippen molar-refractivity contribution >= 4 is 28.7 Å². The summed E-state index contributed by atoms with van der Waals surface area (Å²) in [4.78, 5) is 21.5. The van der Waals surface area contributed by atoms with E-state index in [1.165, 1.54) is 11.8 Å². The monoisotopic (exact) mass is 413 g/mol. The molecule has 1 amide bonds. The Morgan fingerprint density at radius 2 is 1.59 bits per heavy atom. The summed E-state index contributed by atoms with van der Waals surface area (Å²) >= 11 is 1.37. The summed E-state index contributed by atoms with van der Waals surface area (Å²) in [6, 6.07) is 11.2. The van der Waals surface area contributed by atoms with E-state index >= 15 is 0 Å². The molecule has 0 aliphatic carbocycles. The minimum atomic E-state index is -0.110. The average Bonchev–Trinajstić information content (AvgIpc) is 2.75. The molecule has 0 aliphatic heterocycles. The number of aryl methyl sites for hydroxylation is 1. The molecule has 0 saturated carbocycles. The molecule has 0 fully saturated rings. The lowest BCUT2D eigenvalue weighted by atomic mass is 10.1.